The van der Waals surface area contributed by atoms with Crippen LogP contribution in [0.2, 0.25) is 0 Å². The molecule has 1 aromatic heterocycles. The normalized spacial score (nSPS) is 11.9. The zero-order valence-corrected chi connectivity index (χ0v) is 16.6. The van der Waals surface area contributed by atoms with E-state index in [0.29, 0.717) is 12.0 Å². The Kier molecular flexibility index (Phi) is 5.29. The summed E-state index contributed by atoms with van der Waals surface area (Å²) in [6.45, 7) is 0. The van der Waals surface area contributed by atoms with Gasteiger partial charge < -0.3 is 15.2 Å². The number of aromatic amines is 1. The van der Waals surface area contributed by atoms with Crippen LogP contribution in [-0.2, 0) is 6.42 Å². The highest BCUT2D eigenvalue weighted by atomic mass is 16.1. The van der Waals surface area contributed by atoms with E-state index >= 15 is 0 Å². The lowest BCUT2D eigenvalue weighted by Gasteiger charge is -2.18. The number of benzene rings is 3. The molecule has 0 unspecified atom stereocenters. The minimum atomic E-state index is -0.258. The maximum absolute atomic E-state index is 12.9. The molecular formula is C24H24N4O. The number of nitrogens with zero attached hydrogens (tertiary/aromatic N) is 2. The Morgan fingerprint density at radius 2 is 1.66 bits per heavy atom. The Bertz CT molecular complexity index is 1070. The number of imidazole rings is 1. The predicted molar refractivity (Wildman–Crippen MR) is 117 cm³/mol. The molecule has 29 heavy (non-hydrogen) atoms. The summed E-state index contributed by atoms with van der Waals surface area (Å²) in [4.78, 5) is 23.0. The molecule has 4 aromatic rings. The van der Waals surface area contributed by atoms with Gasteiger partial charge in [-0.05, 0) is 48.4 Å². The van der Waals surface area contributed by atoms with Crippen LogP contribution in [0, 0.1) is 0 Å². The van der Waals surface area contributed by atoms with Crippen molar-refractivity contribution in [2.75, 3.05) is 19.0 Å². The Balaban J connectivity index is 1.61. The summed E-state index contributed by atoms with van der Waals surface area (Å²) in [5.41, 5.74) is 4.68. The lowest BCUT2D eigenvalue weighted by Crippen LogP contribution is -2.30. The Morgan fingerprint density at radius 1 is 0.966 bits per heavy atom. The van der Waals surface area contributed by atoms with Gasteiger partial charge in [0.1, 0.15) is 5.82 Å². The smallest absolute Gasteiger partial charge is 0.251 e. The first-order chi connectivity index (χ1) is 14.1. The van der Waals surface area contributed by atoms with Gasteiger partial charge in [-0.3, -0.25) is 4.79 Å². The maximum atomic E-state index is 12.9. The van der Waals surface area contributed by atoms with Crippen molar-refractivity contribution in [3.8, 4) is 0 Å². The third-order valence-corrected chi connectivity index (χ3v) is 4.97. The molecule has 4 rings (SSSR count). The van der Waals surface area contributed by atoms with Crippen LogP contribution in [0.4, 0.5) is 5.69 Å². The number of aromatic nitrogens is 2. The summed E-state index contributed by atoms with van der Waals surface area (Å²) in [5.74, 6) is 0.644. The highest BCUT2D eigenvalue weighted by Crippen LogP contribution is 2.21. The third kappa shape index (κ3) is 4.29. The number of nitrogens with one attached hydrogen (secondary N) is 2. The molecule has 0 aliphatic heterocycles. The van der Waals surface area contributed by atoms with Crippen molar-refractivity contribution >= 4 is 22.6 Å². The quantitative estimate of drug-likeness (QED) is 0.520. The van der Waals surface area contributed by atoms with Crippen LogP contribution in [0.3, 0.4) is 0 Å². The van der Waals surface area contributed by atoms with E-state index in [-0.39, 0.29) is 11.9 Å². The van der Waals surface area contributed by atoms with Crippen LogP contribution in [0.15, 0.2) is 78.9 Å². The molecule has 2 N–H and O–H groups in total. The Hall–Kier alpha value is -3.60. The van der Waals surface area contributed by atoms with Crippen molar-refractivity contribution in [3.05, 3.63) is 95.8 Å². The van der Waals surface area contributed by atoms with Crippen molar-refractivity contribution in [1.82, 2.24) is 15.3 Å². The van der Waals surface area contributed by atoms with E-state index in [1.54, 1.807) is 0 Å². The molecule has 0 aliphatic carbocycles. The van der Waals surface area contributed by atoms with E-state index in [0.717, 1.165) is 28.1 Å². The zero-order chi connectivity index (χ0) is 20.2. The predicted octanol–water partition coefficient (Wildman–Crippen LogP) is 4.34. The van der Waals surface area contributed by atoms with Crippen LogP contribution in [0.1, 0.15) is 27.8 Å². The second-order valence-corrected chi connectivity index (χ2v) is 7.30. The topological polar surface area (TPSA) is 61.0 Å². The second-order valence-electron chi connectivity index (χ2n) is 7.30. The van der Waals surface area contributed by atoms with Gasteiger partial charge in [0.15, 0.2) is 0 Å². The van der Waals surface area contributed by atoms with Crippen LogP contribution in [0.25, 0.3) is 11.0 Å². The van der Waals surface area contributed by atoms with E-state index in [9.17, 15) is 4.79 Å². The van der Waals surface area contributed by atoms with Gasteiger partial charge in [0, 0.05) is 25.3 Å². The summed E-state index contributed by atoms with van der Waals surface area (Å²) in [7, 11) is 3.96. The van der Waals surface area contributed by atoms with Crippen LogP contribution < -0.4 is 10.2 Å². The minimum Gasteiger partial charge on any atom is -0.378 e. The molecule has 0 radical (unpaired) electrons. The highest BCUT2D eigenvalue weighted by molar-refractivity contribution is 5.94. The number of hydrogen-bond acceptors (Lipinski definition) is 3. The molecule has 3 aromatic carbocycles. The van der Waals surface area contributed by atoms with Gasteiger partial charge >= 0.3 is 0 Å². The standard InChI is InChI=1S/C24H24N4O/c1-28(2)19-14-12-18(13-15-19)24(29)27-22(16-17-8-4-3-5-9-17)23-25-20-10-6-7-11-21(20)26-23/h3-15,22H,16H2,1-2H3,(H,25,26)(H,27,29)/t22-/m0/s1. The Labute approximate surface area is 170 Å². The van der Waals surface area contributed by atoms with Gasteiger partial charge in [0.05, 0.1) is 17.1 Å². The first-order valence-corrected chi connectivity index (χ1v) is 9.67. The number of rotatable bonds is 6. The number of anilines is 1. The molecular weight excluding hydrogens is 360 g/mol. The molecule has 0 saturated carbocycles. The summed E-state index contributed by atoms with van der Waals surface area (Å²) < 4.78 is 0. The zero-order valence-electron chi connectivity index (χ0n) is 16.6. The average molecular weight is 384 g/mol. The number of H-pyrrole nitrogens is 1. The minimum absolute atomic E-state index is 0.114. The number of hydrogen-bond donors (Lipinski definition) is 2. The second kappa shape index (κ2) is 8.19. The van der Waals surface area contributed by atoms with Gasteiger partial charge in [0.25, 0.3) is 5.91 Å². The van der Waals surface area contributed by atoms with E-state index in [4.69, 9.17) is 4.98 Å². The SMILES string of the molecule is CN(C)c1ccc(C(=O)N[C@@H](Cc2ccccc2)c2nc3ccccc3[nH]2)cc1. The molecule has 0 aliphatic rings. The van der Waals surface area contributed by atoms with E-state index in [1.807, 2.05) is 85.7 Å². The lowest BCUT2D eigenvalue weighted by molar-refractivity contribution is 0.0935. The largest absolute Gasteiger partial charge is 0.378 e. The summed E-state index contributed by atoms with van der Waals surface area (Å²) in [6, 6.07) is 25.4. The molecule has 1 heterocycles. The number of carbonyl (C=O) groups is 1. The summed E-state index contributed by atoms with van der Waals surface area (Å²) >= 11 is 0. The highest BCUT2D eigenvalue weighted by Gasteiger charge is 2.20. The molecule has 5 nitrogen and oxygen atoms in total. The third-order valence-electron chi connectivity index (χ3n) is 4.97. The van der Waals surface area contributed by atoms with Crippen LogP contribution >= 0.6 is 0 Å². The number of carbonyl (C=O) groups excluding carboxylic acids is 1. The number of para-hydroxylation sites is 2. The first-order valence-electron chi connectivity index (χ1n) is 9.67. The van der Waals surface area contributed by atoms with E-state index in [1.165, 1.54) is 0 Å². The van der Waals surface area contributed by atoms with Crippen molar-refractivity contribution in [2.24, 2.45) is 0 Å². The monoisotopic (exact) mass is 384 g/mol. The average Bonchev–Trinajstić information content (AvgIpc) is 3.18. The molecule has 146 valence electrons. The van der Waals surface area contributed by atoms with Gasteiger partial charge in [0.2, 0.25) is 0 Å². The molecule has 0 bridgehead atoms. The molecule has 1 atom stereocenters. The fourth-order valence-corrected chi connectivity index (χ4v) is 3.36. The van der Waals surface area contributed by atoms with Gasteiger partial charge in [-0.25, -0.2) is 4.98 Å². The van der Waals surface area contributed by atoms with Crippen molar-refractivity contribution < 1.29 is 4.79 Å². The molecule has 5 heteroatoms. The van der Waals surface area contributed by atoms with Crippen molar-refractivity contribution in [1.29, 1.82) is 0 Å². The lowest BCUT2D eigenvalue weighted by atomic mass is 10.0. The first kappa shape index (κ1) is 18.7. The van der Waals surface area contributed by atoms with Crippen molar-refractivity contribution in [2.45, 2.75) is 12.5 Å². The number of fused-ring (bicyclic) bond motifs is 1. The summed E-state index contributed by atoms with van der Waals surface area (Å²) in [5, 5.41) is 3.16. The fraction of sp³-hybridized carbons (Fsp3) is 0.167. The number of amides is 1. The van der Waals surface area contributed by atoms with Crippen molar-refractivity contribution in [3.63, 3.8) is 0 Å². The van der Waals surface area contributed by atoms with Crippen LogP contribution in [-0.4, -0.2) is 30.0 Å². The van der Waals surface area contributed by atoms with Gasteiger partial charge in [-0.15, -0.1) is 0 Å². The maximum Gasteiger partial charge on any atom is 0.251 e. The Morgan fingerprint density at radius 3 is 2.34 bits per heavy atom. The van der Waals surface area contributed by atoms with Crippen LogP contribution in [0.5, 0.6) is 0 Å². The van der Waals surface area contributed by atoms with E-state index in [2.05, 4.69) is 22.4 Å². The van der Waals surface area contributed by atoms with Gasteiger partial charge in [-0.2, -0.15) is 0 Å². The van der Waals surface area contributed by atoms with Gasteiger partial charge in [-0.1, -0.05) is 42.5 Å². The fourth-order valence-electron chi connectivity index (χ4n) is 3.36. The molecule has 0 fully saturated rings. The summed E-state index contributed by atoms with van der Waals surface area (Å²) in [6.07, 6.45) is 0.655. The molecule has 0 saturated heterocycles. The van der Waals surface area contributed by atoms with E-state index < -0.39 is 0 Å². The molecule has 0 spiro atoms. The molecule has 1 amide bonds.